The van der Waals surface area contributed by atoms with E-state index in [1.165, 1.54) is 0 Å². The lowest BCUT2D eigenvalue weighted by Crippen LogP contribution is -2.39. The molecule has 2 N–H and O–H groups in total. The molecule has 1 aromatic heterocycles. The molecule has 5 heteroatoms. The number of aromatic nitrogens is 1. The van der Waals surface area contributed by atoms with Gasteiger partial charge in [0.1, 0.15) is 10.9 Å². The van der Waals surface area contributed by atoms with Crippen molar-refractivity contribution in [3.63, 3.8) is 0 Å². The minimum Gasteiger partial charge on any atom is -0.497 e. The van der Waals surface area contributed by atoms with Gasteiger partial charge in [0.2, 0.25) is 0 Å². The molecule has 21 heavy (non-hydrogen) atoms. The van der Waals surface area contributed by atoms with E-state index in [9.17, 15) is 0 Å². The maximum absolute atomic E-state index is 6.61. The minimum absolute atomic E-state index is 0.475. The van der Waals surface area contributed by atoms with Gasteiger partial charge < -0.3 is 10.5 Å². The lowest BCUT2D eigenvalue weighted by Gasteiger charge is -2.30. The van der Waals surface area contributed by atoms with E-state index in [-0.39, 0.29) is 0 Å². The van der Waals surface area contributed by atoms with Crippen molar-refractivity contribution in [3.05, 3.63) is 58.9 Å². The summed E-state index contributed by atoms with van der Waals surface area (Å²) in [6.45, 7) is 0. The van der Waals surface area contributed by atoms with Crippen LogP contribution in [0.25, 0.3) is 0 Å². The number of rotatable bonds is 6. The van der Waals surface area contributed by atoms with Gasteiger partial charge in [-0.1, -0.05) is 29.8 Å². The van der Waals surface area contributed by atoms with E-state index in [0.29, 0.717) is 23.9 Å². The van der Waals surface area contributed by atoms with Gasteiger partial charge in [-0.05, 0) is 42.2 Å². The second kappa shape index (κ2) is 7.12. The van der Waals surface area contributed by atoms with Crippen LogP contribution in [0.1, 0.15) is 17.5 Å². The molecule has 112 valence electrons. The molecule has 0 radical (unpaired) electrons. The monoisotopic (exact) mass is 324 g/mol. The van der Waals surface area contributed by atoms with Crippen LogP contribution in [-0.2, 0) is 12.0 Å². The molecule has 1 aromatic carbocycles. The maximum Gasteiger partial charge on any atom is 0.129 e. The molecule has 0 spiro atoms. The van der Waals surface area contributed by atoms with Gasteiger partial charge >= 0.3 is 0 Å². The summed E-state index contributed by atoms with van der Waals surface area (Å²) < 4.78 is 5.18. The van der Waals surface area contributed by atoms with Crippen LogP contribution in [-0.4, -0.2) is 18.0 Å². The fourth-order valence-electron chi connectivity index (χ4n) is 2.30. The van der Waals surface area contributed by atoms with Crippen molar-refractivity contribution in [3.8, 4) is 5.75 Å². The zero-order valence-corrected chi connectivity index (χ0v) is 13.4. The summed E-state index contributed by atoms with van der Waals surface area (Å²) in [4.78, 5) is 4.10. The first-order valence-electron chi connectivity index (χ1n) is 6.67. The number of pyridine rings is 1. The van der Waals surface area contributed by atoms with E-state index in [4.69, 9.17) is 33.7 Å². The summed E-state index contributed by atoms with van der Waals surface area (Å²) in [5.74, 6) is 1.30. The molecule has 0 aliphatic carbocycles. The average Bonchev–Trinajstić information content (AvgIpc) is 2.50. The predicted molar refractivity (Wildman–Crippen MR) is 87.1 cm³/mol. The average molecular weight is 325 g/mol. The highest BCUT2D eigenvalue weighted by Gasteiger charge is 2.27. The highest BCUT2D eigenvalue weighted by Crippen LogP contribution is 2.29. The van der Waals surface area contributed by atoms with Gasteiger partial charge in [0.05, 0.1) is 7.11 Å². The van der Waals surface area contributed by atoms with Gasteiger partial charge in [-0.15, -0.1) is 11.6 Å². The van der Waals surface area contributed by atoms with Crippen LogP contribution < -0.4 is 10.5 Å². The summed E-state index contributed by atoms with van der Waals surface area (Å²) in [5.41, 5.74) is 8.12. The van der Waals surface area contributed by atoms with Crippen molar-refractivity contribution in [2.45, 2.75) is 18.4 Å². The van der Waals surface area contributed by atoms with E-state index < -0.39 is 5.54 Å². The number of nitrogens with two attached hydrogens (primary N) is 1. The van der Waals surface area contributed by atoms with E-state index in [1.54, 1.807) is 19.4 Å². The molecule has 0 saturated carbocycles. The number of nitrogens with zero attached hydrogens (tertiary/aromatic N) is 1. The summed E-state index contributed by atoms with van der Waals surface area (Å²) in [7, 11) is 1.64. The first-order valence-corrected chi connectivity index (χ1v) is 7.58. The predicted octanol–water partition coefficient (Wildman–Crippen LogP) is 3.77. The highest BCUT2D eigenvalue weighted by atomic mass is 35.5. The number of halogens is 2. The Hall–Kier alpha value is -1.29. The van der Waals surface area contributed by atoms with E-state index in [0.717, 1.165) is 16.9 Å². The van der Waals surface area contributed by atoms with Crippen LogP contribution in [0.3, 0.4) is 0 Å². The molecule has 0 saturated heterocycles. The number of hydrogen-bond acceptors (Lipinski definition) is 3. The van der Waals surface area contributed by atoms with Crippen molar-refractivity contribution in [1.82, 2.24) is 4.98 Å². The first-order chi connectivity index (χ1) is 10.1. The fourth-order valence-corrected chi connectivity index (χ4v) is 2.75. The maximum atomic E-state index is 6.61. The molecule has 1 heterocycles. The SMILES string of the molecule is COc1ccc(C(N)(CCCl)Cc2ccc(Cl)nc2)cc1. The molecule has 2 rings (SSSR count). The minimum atomic E-state index is -0.538. The number of methoxy groups -OCH3 is 1. The lowest BCUT2D eigenvalue weighted by atomic mass is 9.83. The zero-order chi connectivity index (χ0) is 15.3. The third-order valence-electron chi connectivity index (χ3n) is 3.51. The van der Waals surface area contributed by atoms with E-state index in [2.05, 4.69) is 4.98 Å². The normalized spacial score (nSPS) is 13.7. The smallest absolute Gasteiger partial charge is 0.129 e. The lowest BCUT2D eigenvalue weighted by molar-refractivity contribution is 0.409. The number of hydrogen-bond donors (Lipinski definition) is 1. The second-order valence-electron chi connectivity index (χ2n) is 4.99. The quantitative estimate of drug-likeness (QED) is 0.650. The van der Waals surface area contributed by atoms with E-state index in [1.807, 2.05) is 30.3 Å². The van der Waals surface area contributed by atoms with Crippen molar-refractivity contribution < 1.29 is 4.74 Å². The summed E-state index contributed by atoms with van der Waals surface area (Å²) in [6.07, 6.45) is 3.07. The fraction of sp³-hybridized carbons (Fsp3) is 0.312. The molecule has 0 bridgehead atoms. The van der Waals surface area contributed by atoms with Crippen LogP contribution in [0, 0.1) is 0 Å². The number of alkyl halides is 1. The Balaban J connectivity index is 2.27. The van der Waals surface area contributed by atoms with Gasteiger partial charge in [0, 0.05) is 17.6 Å². The summed E-state index contributed by atoms with van der Waals surface area (Å²) in [5, 5.41) is 0.475. The Kier molecular flexibility index (Phi) is 5.45. The Morgan fingerprint density at radius 1 is 1.19 bits per heavy atom. The van der Waals surface area contributed by atoms with Crippen LogP contribution in [0.4, 0.5) is 0 Å². The van der Waals surface area contributed by atoms with E-state index >= 15 is 0 Å². The second-order valence-corrected chi connectivity index (χ2v) is 5.75. The highest BCUT2D eigenvalue weighted by molar-refractivity contribution is 6.29. The Morgan fingerprint density at radius 2 is 1.90 bits per heavy atom. The molecule has 0 aliphatic heterocycles. The van der Waals surface area contributed by atoms with Gasteiger partial charge in [-0.3, -0.25) is 0 Å². The molecule has 3 nitrogen and oxygen atoms in total. The van der Waals surface area contributed by atoms with Gasteiger partial charge in [-0.25, -0.2) is 4.98 Å². The molecule has 0 amide bonds. The third-order valence-corrected chi connectivity index (χ3v) is 3.93. The van der Waals surface area contributed by atoms with Crippen molar-refractivity contribution in [1.29, 1.82) is 0 Å². The van der Waals surface area contributed by atoms with Crippen molar-refractivity contribution in [2.75, 3.05) is 13.0 Å². The van der Waals surface area contributed by atoms with Gasteiger partial charge in [0.25, 0.3) is 0 Å². The summed E-state index contributed by atoms with van der Waals surface area (Å²) >= 11 is 11.8. The Morgan fingerprint density at radius 3 is 2.43 bits per heavy atom. The van der Waals surface area contributed by atoms with Crippen LogP contribution in [0.15, 0.2) is 42.6 Å². The molecule has 0 fully saturated rings. The molecular weight excluding hydrogens is 307 g/mol. The largest absolute Gasteiger partial charge is 0.497 e. The first kappa shape index (κ1) is 16.1. The van der Waals surface area contributed by atoms with Crippen LogP contribution in [0.5, 0.6) is 5.75 Å². The standard InChI is InChI=1S/C16H18Cl2N2O/c1-21-14-5-3-13(4-6-14)16(19,8-9-17)10-12-2-7-15(18)20-11-12/h2-7,11H,8-10,19H2,1H3. The zero-order valence-electron chi connectivity index (χ0n) is 11.9. The number of benzene rings is 1. The number of ether oxygens (including phenoxy) is 1. The molecule has 1 atom stereocenters. The Labute approximate surface area is 135 Å². The van der Waals surface area contributed by atoms with Gasteiger partial charge in [-0.2, -0.15) is 0 Å². The topological polar surface area (TPSA) is 48.1 Å². The van der Waals surface area contributed by atoms with Crippen molar-refractivity contribution in [2.24, 2.45) is 5.73 Å². The Bertz CT molecular complexity index is 572. The van der Waals surface area contributed by atoms with Crippen LogP contribution >= 0.6 is 23.2 Å². The summed E-state index contributed by atoms with van der Waals surface area (Å²) in [6, 6.07) is 11.5. The van der Waals surface area contributed by atoms with Gasteiger partial charge in [0.15, 0.2) is 0 Å². The molecular formula is C16H18Cl2N2O. The van der Waals surface area contributed by atoms with Crippen LogP contribution in [0.2, 0.25) is 5.15 Å². The molecule has 2 aromatic rings. The van der Waals surface area contributed by atoms with Crippen molar-refractivity contribution >= 4 is 23.2 Å². The molecule has 1 unspecified atom stereocenters. The molecule has 0 aliphatic rings. The third kappa shape index (κ3) is 4.10.